The number of nitrogens with zero attached hydrogens (tertiary/aromatic N) is 2. The van der Waals surface area contributed by atoms with Crippen molar-refractivity contribution in [3.8, 4) is 0 Å². The number of benzene rings is 2. The normalized spacial score (nSPS) is 10.8. The minimum Gasteiger partial charge on any atom is -0.350 e. The Hall–Kier alpha value is -2.95. The number of carbonyl (C=O) groups excluding carboxylic acids is 1. The number of hydrogen-bond donors (Lipinski definition) is 1. The lowest BCUT2D eigenvalue weighted by Crippen LogP contribution is -2.29. The molecule has 3 aromatic rings. The third-order valence-electron chi connectivity index (χ3n) is 4.03. The summed E-state index contributed by atoms with van der Waals surface area (Å²) in [5.74, 6) is -0.142. The number of carbonyl (C=O) groups is 1. The lowest BCUT2D eigenvalue weighted by Gasteiger charge is -2.11. The quantitative estimate of drug-likeness (QED) is 0.802. The molecule has 3 rings (SSSR count). The Morgan fingerprint density at radius 3 is 2.75 bits per heavy atom. The van der Waals surface area contributed by atoms with Gasteiger partial charge in [0.1, 0.15) is 6.54 Å². The molecule has 0 aliphatic rings. The molecule has 1 aromatic heterocycles. The van der Waals surface area contributed by atoms with Gasteiger partial charge in [-0.2, -0.15) is 5.10 Å². The van der Waals surface area contributed by atoms with Gasteiger partial charge in [0.05, 0.1) is 11.7 Å². The molecule has 1 amide bonds. The van der Waals surface area contributed by atoms with E-state index >= 15 is 0 Å². The van der Waals surface area contributed by atoms with Gasteiger partial charge in [0, 0.05) is 11.9 Å². The van der Waals surface area contributed by atoms with Crippen molar-refractivity contribution in [1.82, 2.24) is 15.1 Å². The summed E-state index contributed by atoms with van der Waals surface area (Å²) in [7, 11) is 0. The topological polar surface area (TPSA) is 64.0 Å². The van der Waals surface area contributed by atoms with E-state index in [4.69, 9.17) is 0 Å². The lowest BCUT2D eigenvalue weighted by molar-refractivity contribution is -0.121. The van der Waals surface area contributed by atoms with Gasteiger partial charge in [-0.1, -0.05) is 35.9 Å². The SMILES string of the molecule is Cc1ccc(CNC(=O)Cn2ncc(=O)c3ccccc32)c(C)c1. The average Bonchev–Trinajstić information content (AvgIpc) is 2.57. The third kappa shape index (κ3) is 3.35. The van der Waals surface area contributed by atoms with Crippen molar-refractivity contribution < 1.29 is 4.79 Å². The first kappa shape index (κ1) is 15.9. The van der Waals surface area contributed by atoms with Gasteiger partial charge in [-0.05, 0) is 37.1 Å². The van der Waals surface area contributed by atoms with Crippen molar-refractivity contribution in [3.05, 3.63) is 75.6 Å². The highest BCUT2D eigenvalue weighted by Crippen LogP contribution is 2.10. The maximum atomic E-state index is 12.2. The van der Waals surface area contributed by atoms with E-state index in [2.05, 4.69) is 16.5 Å². The molecule has 122 valence electrons. The van der Waals surface area contributed by atoms with Gasteiger partial charge < -0.3 is 5.32 Å². The number of hydrogen-bond acceptors (Lipinski definition) is 3. The van der Waals surface area contributed by atoms with Crippen LogP contribution in [0.3, 0.4) is 0 Å². The molecule has 2 aromatic carbocycles. The second-order valence-electron chi connectivity index (χ2n) is 5.89. The highest BCUT2D eigenvalue weighted by molar-refractivity contribution is 5.81. The Morgan fingerprint density at radius 1 is 1.17 bits per heavy atom. The van der Waals surface area contributed by atoms with Crippen LogP contribution in [0, 0.1) is 13.8 Å². The zero-order chi connectivity index (χ0) is 17.1. The van der Waals surface area contributed by atoms with E-state index in [9.17, 15) is 9.59 Å². The van der Waals surface area contributed by atoms with Crippen LogP contribution in [0.25, 0.3) is 10.9 Å². The summed E-state index contributed by atoms with van der Waals surface area (Å²) in [5, 5.41) is 7.55. The number of fused-ring (bicyclic) bond motifs is 1. The van der Waals surface area contributed by atoms with Crippen LogP contribution in [-0.2, 0) is 17.9 Å². The molecule has 0 saturated carbocycles. The molecule has 0 saturated heterocycles. The highest BCUT2D eigenvalue weighted by atomic mass is 16.2. The van der Waals surface area contributed by atoms with E-state index in [0.717, 1.165) is 11.1 Å². The van der Waals surface area contributed by atoms with Gasteiger partial charge in [-0.3, -0.25) is 14.3 Å². The standard InChI is InChI=1S/C19H19N3O2/c1-13-7-8-15(14(2)9-13)10-20-19(24)12-22-17-6-4-3-5-16(17)18(23)11-21-22/h3-9,11H,10,12H2,1-2H3,(H,20,24). The molecule has 0 radical (unpaired) electrons. The van der Waals surface area contributed by atoms with E-state index in [-0.39, 0.29) is 17.9 Å². The molecule has 0 spiro atoms. The van der Waals surface area contributed by atoms with Crippen LogP contribution < -0.4 is 10.7 Å². The molecule has 0 unspecified atom stereocenters. The van der Waals surface area contributed by atoms with Crippen LogP contribution in [0.2, 0.25) is 0 Å². The zero-order valence-electron chi connectivity index (χ0n) is 13.7. The maximum Gasteiger partial charge on any atom is 0.242 e. The highest BCUT2D eigenvalue weighted by Gasteiger charge is 2.08. The van der Waals surface area contributed by atoms with Crippen molar-refractivity contribution in [2.24, 2.45) is 0 Å². The fourth-order valence-corrected chi connectivity index (χ4v) is 2.72. The number of aryl methyl sites for hydroxylation is 2. The average molecular weight is 321 g/mol. The zero-order valence-corrected chi connectivity index (χ0v) is 13.7. The van der Waals surface area contributed by atoms with E-state index in [1.54, 1.807) is 22.9 Å². The van der Waals surface area contributed by atoms with Gasteiger partial charge in [0.2, 0.25) is 11.3 Å². The van der Waals surface area contributed by atoms with Gasteiger partial charge in [0.15, 0.2) is 0 Å². The summed E-state index contributed by atoms with van der Waals surface area (Å²) in [6, 6.07) is 13.3. The fourth-order valence-electron chi connectivity index (χ4n) is 2.72. The summed E-state index contributed by atoms with van der Waals surface area (Å²) >= 11 is 0. The van der Waals surface area contributed by atoms with Crippen molar-refractivity contribution in [2.45, 2.75) is 26.9 Å². The van der Waals surface area contributed by atoms with E-state index in [1.807, 2.05) is 32.0 Å². The van der Waals surface area contributed by atoms with Crippen molar-refractivity contribution in [1.29, 1.82) is 0 Å². The Morgan fingerprint density at radius 2 is 1.96 bits per heavy atom. The van der Waals surface area contributed by atoms with Crippen LogP contribution in [0.4, 0.5) is 0 Å². The van der Waals surface area contributed by atoms with Gasteiger partial charge in [0.25, 0.3) is 0 Å². The van der Waals surface area contributed by atoms with Gasteiger partial charge in [-0.15, -0.1) is 0 Å². The van der Waals surface area contributed by atoms with Crippen molar-refractivity contribution in [3.63, 3.8) is 0 Å². The molecule has 5 nitrogen and oxygen atoms in total. The molecular weight excluding hydrogens is 302 g/mol. The molecule has 0 atom stereocenters. The third-order valence-corrected chi connectivity index (χ3v) is 4.03. The van der Waals surface area contributed by atoms with Crippen molar-refractivity contribution in [2.75, 3.05) is 0 Å². The Bertz CT molecular complexity index is 960. The number of aromatic nitrogens is 2. The summed E-state index contributed by atoms with van der Waals surface area (Å²) in [6.07, 6.45) is 1.25. The number of rotatable bonds is 4. The molecular formula is C19H19N3O2. The van der Waals surface area contributed by atoms with Gasteiger partial charge >= 0.3 is 0 Å². The predicted molar refractivity (Wildman–Crippen MR) is 93.8 cm³/mol. The maximum absolute atomic E-state index is 12.2. The van der Waals surface area contributed by atoms with Crippen LogP contribution in [-0.4, -0.2) is 15.7 Å². The molecule has 1 N–H and O–H groups in total. The van der Waals surface area contributed by atoms with E-state index in [1.165, 1.54) is 11.8 Å². The van der Waals surface area contributed by atoms with Crippen LogP contribution in [0.15, 0.2) is 53.5 Å². The lowest BCUT2D eigenvalue weighted by atomic mass is 10.1. The van der Waals surface area contributed by atoms with E-state index < -0.39 is 0 Å². The Kier molecular flexibility index (Phi) is 4.42. The van der Waals surface area contributed by atoms with E-state index in [0.29, 0.717) is 17.4 Å². The Labute approximate surface area is 139 Å². The predicted octanol–water partition coefficient (Wildman–Crippen LogP) is 2.33. The minimum absolute atomic E-state index is 0.0751. The summed E-state index contributed by atoms with van der Waals surface area (Å²) < 4.78 is 1.55. The number of nitrogens with one attached hydrogen (secondary N) is 1. The largest absolute Gasteiger partial charge is 0.350 e. The van der Waals surface area contributed by atoms with Gasteiger partial charge in [-0.25, -0.2) is 0 Å². The Balaban J connectivity index is 1.74. The summed E-state index contributed by atoms with van der Waals surface area (Å²) in [6.45, 7) is 4.63. The molecule has 0 aliphatic carbocycles. The summed E-state index contributed by atoms with van der Waals surface area (Å²) in [4.78, 5) is 24.1. The summed E-state index contributed by atoms with van der Waals surface area (Å²) in [5.41, 5.74) is 3.96. The molecule has 1 heterocycles. The first-order valence-electron chi connectivity index (χ1n) is 7.82. The van der Waals surface area contributed by atoms with Crippen LogP contribution in [0.1, 0.15) is 16.7 Å². The number of amides is 1. The molecule has 0 bridgehead atoms. The fraction of sp³-hybridized carbons (Fsp3) is 0.211. The minimum atomic E-state index is -0.142. The van der Waals surface area contributed by atoms with Crippen molar-refractivity contribution >= 4 is 16.8 Å². The second-order valence-corrected chi connectivity index (χ2v) is 5.89. The number of para-hydroxylation sites is 1. The van der Waals surface area contributed by atoms with Crippen LogP contribution in [0.5, 0.6) is 0 Å². The molecule has 0 aliphatic heterocycles. The molecule has 5 heteroatoms. The first-order chi connectivity index (χ1) is 11.5. The van der Waals surface area contributed by atoms with Crippen LogP contribution >= 0.6 is 0 Å². The monoisotopic (exact) mass is 321 g/mol. The second kappa shape index (κ2) is 6.66. The molecule has 24 heavy (non-hydrogen) atoms. The molecule has 0 fully saturated rings. The smallest absolute Gasteiger partial charge is 0.242 e. The first-order valence-corrected chi connectivity index (χ1v) is 7.82.